The van der Waals surface area contributed by atoms with Gasteiger partial charge in [0.1, 0.15) is 17.3 Å². The summed E-state index contributed by atoms with van der Waals surface area (Å²) >= 11 is 0. The fraction of sp³-hybridized carbons (Fsp3) is 0.150. The zero-order valence-electron chi connectivity index (χ0n) is 15.0. The van der Waals surface area contributed by atoms with E-state index in [9.17, 15) is 18.8 Å². The van der Waals surface area contributed by atoms with E-state index >= 15 is 0 Å². The van der Waals surface area contributed by atoms with Crippen LogP contribution in [-0.2, 0) is 20.9 Å². The van der Waals surface area contributed by atoms with E-state index in [0.717, 1.165) is 4.90 Å². The lowest BCUT2D eigenvalue weighted by molar-refractivity contribution is -0.142. The molecule has 3 amide bonds. The minimum Gasteiger partial charge on any atom is -0.481 e. The van der Waals surface area contributed by atoms with Crippen molar-refractivity contribution >= 4 is 24.0 Å². The molecule has 0 aliphatic carbocycles. The number of ether oxygens (including phenoxy) is 2. The predicted octanol–water partition coefficient (Wildman–Crippen LogP) is 2.47. The van der Waals surface area contributed by atoms with Crippen molar-refractivity contribution in [1.82, 2.24) is 10.2 Å². The first-order valence-electron chi connectivity index (χ1n) is 8.35. The quantitative estimate of drug-likeness (QED) is 0.470. The van der Waals surface area contributed by atoms with Crippen molar-refractivity contribution in [3.63, 3.8) is 0 Å². The van der Waals surface area contributed by atoms with E-state index in [1.165, 1.54) is 37.5 Å². The number of urea groups is 1. The first-order chi connectivity index (χ1) is 13.5. The molecule has 0 saturated carbocycles. The van der Waals surface area contributed by atoms with Crippen LogP contribution < -0.4 is 10.1 Å². The van der Waals surface area contributed by atoms with Gasteiger partial charge in [-0.1, -0.05) is 30.3 Å². The van der Waals surface area contributed by atoms with Gasteiger partial charge >= 0.3 is 12.0 Å². The average Bonchev–Trinajstić information content (AvgIpc) is 2.96. The highest BCUT2D eigenvalue weighted by Crippen LogP contribution is 2.23. The Kier molecular flexibility index (Phi) is 5.69. The predicted molar refractivity (Wildman–Crippen MR) is 97.4 cm³/mol. The average molecular weight is 384 g/mol. The summed E-state index contributed by atoms with van der Waals surface area (Å²) in [5.74, 6) is -1.10. The zero-order valence-corrected chi connectivity index (χ0v) is 15.0. The number of esters is 1. The van der Waals surface area contributed by atoms with Crippen LogP contribution in [0.15, 0.2) is 54.2 Å². The normalized spacial score (nSPS) is 14.9. The number of methoxy groups -OCH3 is 1. The second-order valence-corrected chi connectivity index (χ2v) is 5.91. The molecule has 0 atom stereocenters. The summed E-state index contributed by atoms with van der Waals surface area (Å²) in [5.41, 5.74) is 1.20. The Labute approximate surface area is 160 Å². The Morgan fingerprint density at radius 2 is 1.86 bits per heavy atom. The second kappa shape index (κ2) is 8.34. The summed E-state index contributed by atoms with van der Waals surface area (Å²) < 4.78 is 23.0. The van der Waals surface area contributed by atoms with E-state index < -0.39 is 23.7 Å². The van der Waals surface area contributed by atoms with Gasteiger partial charge < -0.3 is 14.8 Å². The Balaban J connectivity index is 1.78. The molecule has 0 spiro atoms. The molecule has 1 fully saturated rings. The van der Waals surface area contributed by atoms with Gasteiger partial charge in [0.15, 0.2) is 6.61 Å². The smallest absolute Gasteiger partial charge is 0.343 e. The number of para-hydroxylation sites is 1. The summed E-state index contributed by atoms with van der Waals surface area (Å²) in [4.78, 5) is 37.1. The topological polar surface area (TPSA) is 84.9 Å². The standard InChI is InChI=1S/C20H17FN2O5/c1-27-18(24)12-28-17-5-3-2-4-14(17)10-16-19(25)23(20(26)22-16)11-13-6-8-15(21)9-7-13/h2-10H,11-12H2,1H3,(H,22,26). The van der Waals surface area contributed by atoms with Gasteiger partial charge in [0.2, 0.25) is 0 Å². The molecule has 1 heterocycles. The van der Waals surface area contributed by atoms with E-state index in [2.05, 4.69) is 10.1 Å². The lowest BCUT2D eigenvalue weighted by Crippen LogP contribution is -2.30. The molecular weight excluding hydrogens is 367 g/mol. The first kappa shape index (κ1) is 19.1. The van der Waals surface area contributed by atoms with Crippen LogP contribution in [0.1, 0.15) is 11.1 Å². The number of carbonyl (C=O) groups is 3. The number of nitrogens with zero attached hydrogens (tertiary/aromatic N) is 1. The molecule has 7 nitrogen and oxygen atoms in total. The maximum absolute atomic E-state index is 13.0. The van der Waals surface area contributed by atoms with Gasteiger partial charge in [0, 0.05) is 5.56 Å². The largest absolute Gasteiger partial charge is 0.481 e. The minimum absolute atomic E-state index is 0.0166. The molecule has 1 N–H and O–H groups in total. The lowest BCUT2D eigenvalue weighted by Gasteiger charge is -2.11. The Morgan fingerprint density at radius 1 is 1.14 bits per heavy atom. The molecule has 0 aromatic heterocycles. The lowest BCUT2D eigenvalue weighted by atomic mass is 10.1. The molecule has 2 aromatic rings. The molecule has 1 aliphatic heterocycles. The highest BCUT2D eigenvalue weighted by molar-refractivity contribution is 6.14. The second-order valence-electron chi connectivity index (χ2n) is 5.91. The van der Waals surface area contributed by atoms with Crippen LogP contribution in [0, 0.1) is 5.82 Å². The molecule has 144 valence electrons. The SMILES string of the molecule is COC(=O)COc1ccccc1C=C1NC(=O)N(Cc2ccc(F)cc2)C1=O. The summed E-state index contributed by atoms with van der Waals surface area (Å²) in [6, 6.07) is 11.7. The van der Waals surface area contributed by atoms with Crippen LogP contribution in [0.25, 0.3) is 6.08 Å². The Bertz CT molecular complexity index is 940. The Hall–Kier alpha value is -3.68. The fourth-order valence-electron chi connectivity index (χ4n) is 2.57. The van der Waals surface area contributed by atoms with E-state index in [1.54, 1.807) is 24.3 Å². The van der Waals surface area contributed by atoms with Crippen molar-refractivity contribution < 1.29 is 28.2 Å². The number of carbonyl (C=O) groups excluding carboxylic acids is 3. The molecule has 0 radical (unpaired) electrons. The van der Waals surface area contributed by atoms with E-state index in [4.69, 9.17) is 4.74 Å². The molecule has 1 aliphatic rings. The number of hydrogen-bond acceptors (Lipinski definition) is 5. The molecular formula is C20H17FN2O5. The maximum atomic E-state index is 13.0. The van der Waals surface area contributed by atoms with Gasteiger partial charge in [-0.15, -0.1) is 0 Å². The number of amides is 3. The van der Waals surface area contributed by atoms with Crippen molar-refractivity contribution in [2.75, 3.05) is 13.7 Å². The minimum atomic E-state index is -0.575. The monoisotopic (exact) mass is 384 g/mol. The van der Waals surface area contributed by atoms with Crippen LogP contribution in [0.4, 0.5) is 9.18 Å². The number of halogens is 1. The highest BCUT2D eigenvalue weighted by Gasteiger charge is 2.33. The molecule has 2 aromatic carbocycles. The molecule has 1 saturated heterocycles. The van der Waals surface area contributed by atoms with Crippen LogP contribution in [0.2, 0.25) is 0 Å². The van der Waals surface area contributed by atoms with Gasteiger partial charge in [-0.25, -0.2) is 14.0 Å². The highest BCUT2D eigenvalue weighted by atomic mass is 19.1. The third-order valence-electron chi connectivity index (χ3n) is 4.01. The van der Waals surface area contributed by atoms with Crippen molar-refractivity contribution in [2.24, 2.45) is 0 Å². The van der Waals surface area contributed by atoms with Gasteiger partial charge in [0.25, 0.3) is 5.91 Å². The number of benzene rings is 2. The maximum Gasteiger partial charge on any atom is 0.343 e. The van der Waals surface area contributed by atoms with Crippen LogP contribution in [0.3, 0.4) is 0 Å². The van der Waals surface area contributed by atoms with E-state index in [-0.39, 0.29) is 18.8 Å². The molecule has 0 unspecified atom stereocenters. The summed E-state index contributed by atoms with van der Waals surface area (Å²) in [7, 11) is 1.25. The zero-order chi connectivity index (χ0) is 20.1. The summed E-state index contributed by atoms with van der Waals surface area (Å²) in [6.07, 6.45) is 1.47. The van der Waals surface area contributed by atoms with Crippen molar-refractivity contribution in [2.45, 2.75) is 6.54 Å². The van der Waals surface area contributed by atoms with Gasteiger partial charge in [-0.2, -0.15) is 0 Å². The number of nitrogens with one attached hydrogen (secondary N) is 1. The van der Waals surface area contributed by atoms with Crippen LogP contribution in [0.5, 0.6) is 5.75 Å². The van der Waals surface area contributed by atoms with Crippen molar-refractivity contribution in [3.05, 3.63) is 71.2 Å². The van der Waals surface area contributed by atoms with Crippen LogP contribution in [-0.4, -0.2) is 36.5 Å². The molecule has 0 bridgehead atoms. The number of hydrogen-bond donors (Lipinski definition) is 1. The summed E-state index contributed by atoms with van der Waals surface area (Å²) in [6.45, 7) is -0.267. The van der Waals surface area contributed by atoms with Crippen molar-refractivity contribution in [3.8, 4) is 5.75 Å². The number of rotatable bonds is 6. The summed E-state index contributed by atoms with van der Waals surface area (Å²) in [5, 5.41) is 2.51. The van der Waals surface area contributed by atoms with Gasteiger partial charge in [-0.05, 0) is 29.8 Å². The van der Waals surface area contributed by atoms with Crippen LogP contribution >= 0.6 is 0 Å². The van der Waals surface area contributed by atoms with E-state index in [1.807, 2.05) is 0 Å². The third-order valence-corrected chi connectivity index (χ3v) is 4.01. The van der Waals surface area contributed by atoms with E-state index in [0.29, 0.717) is 16.9 Å². The van der Waals surface area contributed by atoms with Gasteiger partial charge in [0.05, 0.1) is 13.7 Å². The Morgan fingerprint density at radius 3 is 2.57 bits per heavy atom. The van der Waals surface area contributed by atoms with Gasteiger partial charge in [-0.3, -0.25) is 9.69 Å². The first-order valence-corrected chi connectivity index (χ1v) is 8.35. The number of imide groups is 1. The molecule has 8 heteroatoms. The van der Waals surface area contributed by atoms with Crippen molar-refractivity contribution in [1.29, 1.82) is 0 Å². The fourth-order valence-corrected chi connectivity index (χ4v) is 2.57. The molecule has 28 heavy (non-hydrogen) atoms. The molecule has 3 rings (SSSR count). The third kappa shape index (κ3) is 4.35.